The van der Waals surface area contributed by atoms with Gasteiger partial charge in [0.15, 0.2) is 5.82 Å². The molecular weight excluding hydrogens is 373 g/mol. The number of pyridine rings is 1. The molecule has 1 aliphatic heterocycles. The molecule has 8 heteroatoms. The minimum Gasteiger partial charge on any atom is -0.352 e. The van der Waals surface area contributed by atoms with E-state index in [9.17, 15) is 4.79 Å². The lowest BCUT2D eigenvalue weighted by Crippen LogP contribution is -2.33. The van der Waals surface area contributed by atoms with E-state index in [-0.39, 0.29) is 30.7 Å². The molecule has 6 nitrogen and oxygen atoms in total. The minimum atomic E-state index is -0.0637. The Bertz CT molecular complexity index is 696. The van der Waals surface area contributed by atoms with Crippen molar-refractivity contribution in [2.45, 2.75) is 33.1 Å². The summed E-state index contributed by atoms with van der Waals surface area (Å²) in [4.78, 5) is 16.6. The molecule has 2 N–H and O–H groups in total. The SMILES string of the molecule is Cc1cc(C)n(-c2ccc(C(=O)NCCC3CCCNC3)cn2)n1.Cl.Cl. The third-order valence-corrected chi connectivity index (χ3v) is 4.47. The topological polar surface area (TPSA) is 71.8 Å². The highest BCUT2D eigenvalue weighted by Gasteiger charge is 2.13. The summed E-state index contributed by atoms with van der Waals surface area (Å²) in [6, 6.07) is 5.64. The largest absolute Gasteiger partial charge is 0.352 e. The summed E-state index contributed by atoms with van der Waals surface area (Å²) in [5.74, 6) is 1.34. The molecule has 2 aromatic rings. The van der Waals surface area contributed by atoms with E-state index in [1.165, 1.54) is 12.8 Å². The van der Waals surface area contributed by atoms with Gasteiger partial charge in [-0.3, -0.25) is 4.79 Å². The Balaban J connectivity index is 0.00000169. The van der Waals surface area contributed by atoms with Gasteiger partial charge in [0, 0.05) is 18.4 Å². The number of carbonyl (C=O) groups is 1. The average Bonchev–Trinajstić information content (AvgIpc) is 2.94. The van der Waals surface area contributed by atoms with Crippen molar-refractivity contribution in [3.63, 3.8) is 0 Å². The van der Waals surface area contributed by atoms with Crippen LogP contribution in [-0.2, 0) is 0 Å². The molecule has 1 aliphatic rings. The predicted octanol–water partition coefficient (Wildman–Crippen LogP) is 2.85. The maximum Gasteiger partial charge on any atom is 0.252 e. The van der Waals surface area contributed by atoms with Crippen LogP contribution in [-0.4, -0.2) is 40.3 Å². The summed E-state index contributed by atoms with van der Waals surface area (Å²) < 4.78 is 1.78. The van der Waals surface area contributed by atoms with E-state index in [4.69, 9.17) is 0 Å². The third kappa shape index (κ3) is 5.69. The summed E-state index contributed by atoms with van der Waals surface area (Å²) in [6.07, 6.45) is 5.12. The second-order valence-electron chi connectivity index (χ2n) is 6.50. The van der Waals surface area contributed by atoms with Gasteiger partial charge in [0.1, 0.15) is 0 Å². The molecule has 0 aromatic carbocycles. The highest BCUT2D eigenvalue weighted by Crippen LogP contribution is 2.13. The van der Waals surface area contributed by atoms with Crippen LogP contribution < -0.4 is 10.6 Å². The van der Waals surface area contributed by atoms with Crippen molar-refractivity contribution in [2.75, 3.05) is 19.6 Å². The monoisotopic (exact) mass is 399 g/mol. The van der Waals surface area contributed by atoms with Gasteiger partial charge < -0.3 is 10.6 Å². The van der Waals surface area contributed by atoms with E-state index in [0.717, 1.165) is 36.7 Å². The molecule has 0 saturated carbocycles. The summed E-state index contributed by atoms with van der Waals surface area (Å²) in [5, 5.41) is 10.8. The van der Waals surface area contributed by atoms with Gasteiger partial charge in [-0.2, -0.15) is 5.10 Å². The molecule has 2 aromatic heterocycles. The van der Waals surface area contributed by atoms with Gasteiger partial charge in [-0.05, 0) is 70.3 Å². The van der Waals surface area contributed by atoms with Crippen LogP contribution in [0.5, 0.6) is 0 Å². The number of aryl methyl sites for hydroxylation is 2. The maximum absolute atomic E-state index is 12.2. The predicted molar refractivity (Wildman–Crippen MR) is 108 cm³/mol. The van der Waals surface area contributed by atoms with E-state index in [1.54, 1.807) is 16.9 Å². The standard InChI is InChI=1S/C18H25N5O.2ClH/c1-13-10-14(2)23(22-13)17-6-5-16(12-21-17)18(24)20-9-7-15-4-3-8-19-11-15;;/h5-6,10,12,15,19H,3-4,7-9,11H2,1-2H3,(H,20,24);2*1H. The second-order valence-corrected chi connectivity index (χ2v) is 6.50. The van der Waals surface area contributed by atoms with E-state index in [1.807, 2.05) is 26.0 Å². The lowest BCUT2D eigenvalue weighted by atomic mass is 9.96. The number of nitrogens with zero attached hydrogens (tertiary/aromatic N) is 3. The molecule has 26 heavy (non-hydrogen) atoms. The van der Waals surface area contributed by atoms with Gasteiger partial charge in [-0.1, -0.05) is 0 Å². The van der Waals surface area contributed by atoms with Gasteiger partial charge in [0.05, 0.1) is 11.3 Å². The van der Waals surface area contributed by atoms with Crippen LogP contribution in [0.4, 0.5) is 0 Å². The summed E-state index contributed by atoms with van der Waals surface area (Å²) >= 11 is 0. The first-order chi connectivity index (χ1) is 11.6. The molecule has 144 valence electrons. The number of carbonyl (C=O) groups excluding carboxylic acids is 1. The molecule has 1 unspecified atom stereocenters. The highest BCUT2D eigenvalue weighted by atomic mass is 35.5. The number of hydrogen-bond donors (Lipinski definition) is 2. The number of hydrogen-bond acceptors (Lipinski definition) is 4. The zero-order valence-corrected chi connectivity index (χ0v) is 16.8. The molecule has 0 spiro atoms. The summed E-state index contributed by atoms with van der Waals surface area (Å²) in [7, 11) is 0. The first-order valence-electron chi connectivity index (χ1n) is 8.62. The van der Waals surface area contributed by atoms with E-state index in [2.05, 4.69) is 20.7 Å². The van der Waals surface area contributed by atoms with Crippen molar-refractivity contribution in [1.29, 1.82) is 0 Å². The number of halogens is 2. The molecule has 1 saturated heterocycles. The molecule has 1 fully saturated rings. The van der Waals surface area contributed by atoms with Gasteiger partial charge in [-0.25, -0.2) is 9.67 Å². The van der Waals surface area contributed by atoms with Crippen molar-refractivity contribution in [2.24, 2.45) is 5.92 Å². The number of amides is 1. The lowest BCUT2D eigenvalue weighted by molar-refractivity contribution is 0.0950. The van der Waals surface area contributed by atoms with Crippen molar-refractivity contribution in [3.8, 4) is 5.82 Å². The van der Waals surface area contributed by atoms with E-state index in [0.29, 0.717) is 18.0 Å². The Kier molecular flexibility index (Phi) is 9.05. The fourth-order valence-corrected chi connectivity index (χ4v) is 3.17. The van der Waals surface area contributed by atoms with Gasteiger partial charge in [-0.15, -0.1) is 24.8 Å². The zero-order chi connectivity index (χ0) is 16.9. The van der Waals surface area contributed by atoms with Crippen LogP contribution in [0.25, 0.3) is 5.82 Å². The quantitative estimate of drug-likeness (QED) is 0.810. The first-order valence-corrected chi connectivity index (χ1v) is 8.62. The van der Waals surface area contributed by atoms with Crippen molar-refractivity contribution in [3.05, 3.63) is 41.3 Å². The average molecular weight is 400 g/mol. The number of aromatic nitrogens is 3. The van der Waals surface area contributed by atoms with Crippen molar-refractivity contribution >= 4 is 30.7 Å². The molecule has 3 heterocycles. The van der Waals surface area contributed by atoms with E-state index >= 15 is 0 Å². The second kappa shape index (κ2) is 10.5. The Morgan fingerprint density at radius 1 is 1.35 bits per heavy atom. The molecule has 0 bridgehead atoms. The summed E-state index contributed by atoms with van der Waals surface area (Å²) in [6.45, 7) is 6.84. The lowest BCUT2D eigenvalue weighted by Gasteiger charge is -2.22. The number of nitrogens with one attached hydrogen (secondary N) is 2. The molecule has 1 atom stereocenters. The number of rotatable bonds is 5. The maximum atomic E-state index is 12.2. The molecule has 3 rings (SSSR count). The smallest absolute Gasteiger partial charge is 0.252 e. The highest BCUT2D eigenvalue weighted by molar-refractivity contribution is 5.93. The van der Waals surface area contributed by atoms with Crippen LogP contribution in [0.15, 0.2) is 24.4 Å². The minimum absolute atomic E-state index is 0. The van der Waals surface area contributed by atoms with Crippen LogP contribution in [0, 0.1) is 19.8 Å². The van der Waals surface area contributed by atoms with Crippen LogP contribution in [0.3, 0.4) is 0 Å². The molecule has 0 radical (unpaired) electrons. The fraction of sp³-hybridized carbons (Fsp3) is 0.500. The third-order valence-electron chi connectivity index (χ3n) is 4.47. The first kappa shape index (κ1) is 22.4. The van der Waals surface area contributed by atoms with Crippen LogP contribution >= 0.6 is 24.8 Å². The van der Waals surface area contributed by atoms with Gasteiger partial charge in [0.25, 0.3) is 5.91 Å². The fourth-order valence-electron chi connectivity index (χ4n) is 3.17. The Morgan fingerprint density at radius 2 is 2.15 bits per heavy atom. The summed E-state index contributed by atoms with van der Waals surface area (Å²) in [5.41, 5.74) is 2.56. The Labute approximate surface area is 167 Å². The van der Waals surface area contributed by atoms with Crippen molar-refractivity contribution < 1.29 is 4.79 Å². The molecular formula is C18H27Cl2N5O. The number of piperidine rings is 1. The van der Waals surface area contributed by atoms with E-state index < -0.39 is 0 Å². The van der Waals surface area contributed by atoms with Gasteiger partial charge in [0.2, 0.25) is 0 Å². The Hall–Kier alpha value is -1.63. The molecule has 1 amide bonds. The normalized spacial score (nSPS) is 16.3. The zero-order valence-electron chi connectivity index (χ0n) is 15.2. The van der Waals surface area contributed by atoms with Gasteiger partial charge >= 0.3 is 0 Å². The van der Waals surface area contributed by atoms with Crippen molar-refractivity contribution in [1.82, 2.24) is 25.4 Å². The van der Waals surface area contributed by atoms with Crippen LogP contribution in [0.1, 0.15) is 41.0 Å². The Morgan fingerprint density at radius 3 is 2.73 bits per heavy atom. The van der Waals surface area contributed by atoms with Crippen LogP contribution in [0.2, 0.25) is 0 Å². The molecule has 0 aliphatic carbocycles.